The molecule has 2 aromatic carbocycles. The van der Waals surface area contributed by atoms with E-state index >= 15 is 0 Å². The van der Waals surface area contributed by atoms with Crippen LogP contribution in [-0.4, -0.2) is 42.7 Å². The number of rotatable bonds is 4. The van der Waals surface area contributed by atoms with Gasteiger partial charge in [-0.3, -0.25) is 5.43 Å². The molecule has 0 aliphatic carbocycles. The Bertz CT molecular complexity index is 867. The second-order valence-electron chi connectivity index (χ2n) is 5.84. The first-order valence-electron chi connectivity index (χ1n) is 8.32. The Morgan fingerprint density at radius 1 is 1.04 bits per heavy atom. The van der Waals surface area contributed by atoms with E-state index in [1.807, 2.05) is 24.3 Å². The van der Waals surface area contributed by atoms with Crippen molar-refractivity contribution >= 4 is 28.5 Å². The number of anilines is 2. The molecular weight excluding hydrogens is 314 g/mol. The van der Waals surface area contributed by atoms with Crippen molar-refractivity contribution in [3.05, 3.63) is 60.3 Å². The maximum Gasteiger partial charge on any atom is 0.176 e. The third-order valence-corrected chi connectivity index (χ3v) is 4.22. The average molecular weight is 333 g/mol. The number of hydrogen-bond acceptors (Lipinski definition) is 6. The molecule has 0 saturated carbocycles. The van der Waals surface area contributed by atoms with Gasteiger partial charge in [-0.1, -0.05) is 36.4 Å². The molecule has 1 N–H and O–H groups in total. The fourth-order valence-corrected chi connectivity index (χ4v) is 2.87. The van der Waals surface area contributed by atoms with Crippen molar-refractivity contribution in [3.8, 4) is 0 Å². The molecule has 3 aromatic rings. The maximum absolute atomic E-state index is 5.39. The summed E-state index contributed by atoms with van der Waals surface area (Å²) in [7, 11) is 0. The first-order valence-corrected chi connectivity index (χ1v) is 8.32. The predicted molar refractivity (Wildman–Crippen MR) is 100 cm³/mol. The molecular formula is C19H19N5O. The van der Waals surface area contributed by atoms with Gasteiger partial charge >= 0.3 is 0 Å². The van der Waals surface area contributed by atoms with Crippen molar-refractivity contribution in [2.45, 2.75) is 0 Å². The standard InChI is InChI=1S/C19H19N5O/c1-2-4-18-16(3-1)14-21-23-19(18)22-20-13-15-5-7-17(8-6-15)24-9-11-25-12-10-24/h1-8,13-14H,9-12H2,(H,22,23)/b20-13-. The van der Waals surface area contributed by atoms with Gasteiger partial charge in [0.25, 0.3) is 0 Å². The lowest BCUT2D eigenvalue weighted by Crippen LogP contribution is -2.36. The summed E-state index contributed by atoms with van der Waals surface area (Å²) in [5, 5.41) is 14.4. The molecule has 1 aliphatic rings. The molecule has 1 aromatic heterocycles. The van der Waals surface area contributed by atoms with Gasteiger partial charge in [-0.05, 0) is 17.7 Å². The number of benzene rings is 2. The number of morpholine rings is 1. The lowest BCUT2D eigenvalue weighted by atomic mass is 10.2. The van der Waals surface area contributed by atoms with Gasteiger partial charge in [-0.15, -0.1) is 5.10 Å². The van der Waals surface area contributed by atoms with E-state index < -0.39 is 0 Å². The summed E-state index contributed by atoms with van der Waals surface area (Å²) in [6.07, 6.45) is 3.53. The van der Waals surface area contributed by atoms with Crippen LogP contribution < -0.4 is 10.3 Å². The molecule has 2 heterocycles. The number of aromatic nitrogens is 2. The molecule has 0 radical (unpaired) electrons. The second-order valence-corrected chi connectivity index (χ2v) is 5.84. The van der Waals surface area contributed by atoms with Crippen molar-refractivity contribution < 1.29 is 4.74 Å². The van der Waals surface area contributed by atoms with Gasteiger partial charge in [0.2, 0.25) is 0 Å². The monoisotopic (exact) mass is 333 g/mol. The fraction of sp³-hybridized carbons (Fsp3) is 0.211. The van der Waals surface area contributed by atoms with Crippen molar-refractivity contribution in [3.63, 3.8) is 0 Å². The molecule has 6 heteroatoms. The highest BCUT2D eigenvalue weighted by Gasteiger charge is 2.10. The molecule has 1 saturated heterocycles. The number of fused-ring (bicyclic) bond motifs is 1. The minimum Gasteiger partial charge on any atom is -0.378 e. The van der Waals surface area contributed by atoms with Crippen LogP contribution in [0.15, 0.2) is 59.8 Å². The zero-order valence-electron chi connectivity index (χ0n) is 13.8. The minimum atomic E-state index is 0.652. The molecule has 4 rings (SSSR count). The summed E-state index contributed by atoms with van der Waals surface area (Å²) in [5.41, 5.74) is 5.22. The van der Waals surface area contributed by atoms with E-state index in [0.29, 0.717) is 5.82 Å². The smallest absolute Gasteiger partial charge is 0.176 e. The third-order valence-electron chi connectivity index (χ3n) is 4.22. The summed E-state index contributed by atoms with van der Waals surface area (Å²) in [6, 6.07) is 16.3. The third kappa shape index (κ3) is 3.59. The molecule has 1 fully saturated rings. The highest BCUT2D eigenvalue weighted by molar-refractivity contribution is 5.91. The van der Waals surface area contributed by atoms with Crippen LogP contribution >= 0.6 is 0 Å². The molecule has 0 unspecified atom stereocenters. The number of nitrogens with zero attached hydrogens (tertiary/aromatic N) is 4. The van der Waals surface area contributed by atoms with E-state index in [1.165, 1.54) is 5.69 Å². The minimum absolute atomic E-state index is 0.652. The summed E-state index contributed by atoms with van der Waals surface area (Å²) in [4.78, 5) is 2.33. The Hall–Kier alpha value is -2.99. The fourth-order valence-electron chi connectivity index (χ4n) is 2.87. The van der Waals surface area contributed by atoms with Gasteiger partial charge in [0, 0.05) is 29.5 Å². The molecule has 0 atom stereocenters. The van der Waals surface area contributed by atoms with Crippen LogP contribution in [0.1, 0.15) is 5.56 Å². The Labute approximate surface area is 146 Å². The molecule has 1 aliphatic heterocycles. The van der Waals surface area contributed by atoms with Gasteiger partial charge in [-0.25, -0.2) is 0 Å². The van der Waals surface area contributed by atoms with E-state index in [-0.39, 0.29) is 0 Å². The molecule has 0 bridgehead atoms. The second kappa shape index (κ2) is 7.27. The molecule has 0 spiro atoms. The van der Waals surface area contributed by atoms with Crippen LogP contribution in [0.25, 0.3) is 10.8 Å². The van der Waals surface area contributed by atoms with Gasteiger partial charge in [0.1, 0.15) is 0 Å². The zero-order valence-corrected chi connectivity index (χ0v) is 13.8. The summed E-state index contributed by atoms with van der Waals surface area (Å²) in [5.74, 6) is 0.652. The van der Waals surface area contributed by atoms with E-state index in [4.69, 9.17) is 4.74 Å². The van der Waals surface area contributed by atoms with Crippen LogP contribution in [0.4, 0.5) is 11.5 Å². The number of hydrogen-bond donors (Lipinski definition) is 1. The van der Waals surface area contributed by atoms with E-state index in [1.54, 1.807) is 12.4 Å². The SMILES string of the molecule is C(=N/Nc1nncc2ccccc12)/c1ccc(N2CCOCC2)cc1. The van der Waals surface area contributed by atoms with Gasteiger partial charge < -0.3 is 9.64 Å². The lowest BCUT2D eigenvalue weighted by molar-refractivity contribution is 0.122. The Morgan fingerprint density at radius 2 is 1.84 bits per heavy atom. The van der Waals surface area contributed by atoms with Crippen molar-refractivity contribution in [1.29, 1.82) is 0 Å². The van der Waals surface area contributed by atoms with Crippen LogP contribution in [0.5, 0.6) is 0 Å². The van der Waals surface area contributed by atoms with Gasteiger partial charge in [-0.2, -0.15) is 10.2 Å². The number of hydrazone groups is 1. The normalized spacial score (nSPS) is 15.0. The summed E-state index contributed by atoms with van der Waals surface area (Å²) in [6.45, 7) is 3.46. The molecule has 25 heavy (non-hydrogen) atoms. The lowest BCUT2D eigenvalue weighted by Gasteiger charge is -2.28. The van der Waals surface area contributed by atoms with Crippen LogP contribution in [-0.2, 0) is 4.74 Å². The molecule has 126 valence electrons. The highest BCUT2D eigenvalue weighted by Crippen LogP contribution is 2.19. The van der Waals surface area contributed by atoms with E-state index in [0.717, 1.165) is 42.6 Å². The number of nitrogens with one attached hydrogen (secondary N) is 1. The van der Waals surface area contributed by atoms with E-state index in [9.17, 15) is 0 Å². The zero-order chi connectivity index (χ0) is 16.9. The largest absolute Gasteiger partial charge is 0.378 e. The Morgan fingerprint density at radius 3 is 2.68 bits per heavy atom. The topological polar surface area (TPSA) is 62.6 Å². The predicted octanol–water partition coefficient (Wildman–Crippen LogP) is 2.91. The van der Waals surface area contributed by atoms with E-state index in [2.05, 4.69) is 49.9 Å². The summed E-state index contributed by atoms with van der Waals surface area (Å²) < 4.78 is 5.39. The first-order chi connectivity index (χ1) is 12.4. The molecule has 0 amide bonds. The van der Waals surface area contributed by atoms with Crippen LogP contribution in [0.3, 0.4) is 0 Å². The van der Waals surface area contributed by atoms with Crippen molar-refractivity contribution in [2.75, 3.05) is 36.6 Å². The average Bonchev–Trinajstić information content (AvgIpc) is 2.69. The first kappa shape index (κ1) is 15.5. The van der Waals surface area contributed by atoms with Crippen LogP contribution in [0.2, 0.25) is 0 Å². The quantitative estimate of drug-likeness (QED) is 0.587. The summed E-state index contributed by atoms with van der Waals surface area (Å²) >= 11 is 0. The Kier molecular flexibility index (Phi) is 4.52. The number of ether oxygens (including phenoxy) is 1. The van der Waals surface area contributed by atoms with Crippen LogP contribution in [0, 0.1) is 0 Å². The van der Waals surface area contributed by atoms with Gasteiger partial charge in [0.15, 0.2) is 5.82 Å². The maximum atomic E-state index is 5.39. The molecule has 6 nitrogen and oxygen atoms in total. The van der Waals surface area contributed by atoms with Crippen molar-refractivity contribution in [2.24, 2.45) is 5.10 Å². The van der Waals surface area contributed by atoms with Gasteiger partial charge in [0.05, 0.1) is 25.6 Å². The Balaban J connectivity index is 1.44. The highest BCUT2D eigenvalue weighted by atomic mass is 16.5. The van der Waals surface area contributed by atoms with Crippen molar-refractivity contribution in [1.82, 2.24) is 10.2 Å².